The van der Waals surface area contributed by atoms with Crippen molar-refractivity contribution < 1.29 is 0 Å². The van der Waals surface area contributed by atoms with Crippen molar-refractivity contribution in [1.29, 1.82) is 0 Å². The third-order valence-electron chi connectivity index (χ3n) is 3.24. The van der Waals surface area contributed by atoms with Gasteiger partial charge in [-0.2, -0.15) is 0 Å². The number of nitrogens with one attached hydrogen (secondary N) is 1. The van der Waals surface area contributed by atoms with Crippen molar-refractivity contribution in [3.8, 4) is 0 Å². The molecule has 1 fully saturated rings. The average Bonchev–Trinajstić information content (AvgIpc) is 2.63. The number of hydrogen-bond acceptors (Lipinski definition) is 3. The lowest BCUT2D eigenvalue weighted by Gasteiger charge is -2.25. The lowest BCUT2D eigenvalue weighted by Crippen LogP contribution is -2.39. The van der Waals surface area contributed by atoms with Crippen molar-refractivity contribution in [2.24, 2.45) is 0 Å². The van der Waals surface area contributed by atoms with Gasteiger partial charge in [-0.3, -0.25) is 0 Å². The molecule has 3 heteroatoms. The second kappa shape index (κ2) is 4.27. The van der Waals surface area contributed by atoms with E-state index in [9.17, 15) is 0 Å². The highest BCUT2D eigenvalue weighted by Gasteiger charge is 2.27. The Morgan fingerprint density at radius 2 is 2.13 bits per heavy atom. The predicted molar refractivity (Wildman–Crippen MR) is 60.5 cm³/mol. The number of aromatic nitrogens is 2. The lowest BCUT2D eigenvalue weighted by molar-refractivity contribution is 0.360. The summed E-state index contributed by atoms with van der Waals surface area (Å²) in [4.78, 5) is 8.49. The molecule has 0 aromatic carbocycles. The summed E-state index contributed by atoms with van der Waals surface area (Å²) >= 11 is 0. The Balaban J connectivity index is 1.92. The van der Waals surface area contributed by atoms with Crippen molar-refractivity contribution >= 4 is 0 Å². The molecular weight excluding hydrogens is 186 g/mol. The molecule has 1 saturated carbocycles. The molecule has 82 valence electrons. The van der Waals surface area contributed by atoms with Crippen molar-refractivity contribution in [2.75, 3.05) is 0 Å². The van der Waals surface area contributed by atoms with Crippen molar-refractivity contribution in [3.05, 3.63) is 23.8 Å². The molecule has 1 aromatic rings. The van der Waals surface area contributed by atoms with Gasteiger partial charge in [-0.05, 0) is 32.8 Å². The minimum absolute atomic E-state index is 0.332. The fraction of sp³-hybridized carbons (Fsp3) is 0.667. The highest BCUT2D eigenvalue weighted by Crippen LogP contribution is 2.28. The topological polar surface area (TPSA) is 37.8 Å². The Bertz CT molecular complexity index is 329. The quantitative estimate of drug-likeness (QED) is 0.822. The highest BCUT2D eigenvalue weighted by molar-refractivity contribution is 5.02. The summed E-state index contributed by atoms with van der Waals surface area (Å²) in [5, 5.41) is 3.61. The molecule has 1 N–H and O–H groups in total. The van der Waals surface area contributed by atoms with E-state index >= 15 is 0 Å². The van der Waals surface area contributed by atoms with Crippen LogP contribution in [0.3, 0.4) is 0 Å². The van der Waals surface area contributed by atoms with Gasteiger partial charge in [0.2, 0.25) is 0 Å². The molecule has 0 bridgehead atoms. The van der Waals surface area contributed by atoms with Gasteiger partial charge in [-0.1, -0.05) is 12.8 Å². The first-order valence-electron chi connectivity index (χ1n) is 5.72. The molecule has 1 heterocycles. The molecule has 0 spiro atoms. The second-order valence-corrected chi connectivity index (χ2v) is 4.72. The highest BCUT2D eigenvalue weighted by atomic mass is 15.0. The number of aryl methyl sites for hydroxylation is 1. The standard InChI is InChI=1S/C12H19N3/c1-10-13-8-5-11(15-10)9-14-12(2)6-3-4-7-12/h5,8,14H,3-4,6-7,9H2,1-2H3. The molecule has 1 aliphatic rings. The Labute approximate surface area is 91.3 Å². The summed E-state index contributed by atoms with van der Waals surface area (Å²) in [6, 6.07) is 1.98. The van der Waals surface area contributed by atoms with E-state index in [4.69, 9.17) is 0 Å². The van der Waals surface area contributed by atoms with E-state index in [1.807, 2.05) is 19.2 Å². The zero-order valence-electron chi connectivity index (χ0n) is 9.58. The van der Waals surface area contributed by atoms with Crippen LogP contribution in [0.15, 0.2) is 12.3 Å². The summed E-state index contributed by atoms with van der Waals surface area (Å²) in [6.45, 7) is 5.11. The van der Waals surface area contributed by atoms with Gasteiger partial charge >= 0.3 is 0 Å². The second-order valence-electron chi connectivity index (χ2n) is 4.72. The van der Waals surface area contributed by atoms with Gasteiger partial charge in [-0.25, -0.2) is 9.97 Å². The lowest BCUT2D eigenvalue weighted by atomic mass is 10.0. The maximum Gasteiger partial charge on any atom is 0.125 e. The smallest absolute Gasteiger partial charge is 0.125 e. The van der Waals surface area contributed by atoms with Gasteiger partial charge in [0.1, 0.15) is 5.82 Å². The first-order valence-corrected chi connectivity index (χ1v) is 5.72. The fourth-order valence-corrected chi connectivity index (χ4v) is 2.24. The van der Waals surface area contributed by atoms with Gasteiger partial charge in [0.15, 0.2) is 0 Å². The Kier molecular flexibility index (Phi) is 3.00. The van der Waals surface area contributed by atoms with E-state index < -0.39 is 0 Å². The third kappa shape index (κ3) is 2.75. The predicted octanol–water partition coefficient (Wildman–Crippen LogP) is 2.21. The molecular formula is C12H19N3. The average molecular weight is 205 g/mol. The minimum Gasteiger partial charge on any atom is -0.306 e. The molecule has 15 heavy (non-hydrogen) atoms. The largest absolute Gasteiger partial charge is 0.306 e. The number of rotatable bonds is 3. The van der Waals surface area contributed by atoms with Crippen molar-refractivity contribution in [1.82, 2.24) is 15.3 Å². The van der Waals surface area contributed by atoms with E-state index in [2.05, 4.69) is 22.2 Å². The van der Waals surface area contributed by atoms with Crippen LogP contribution < -0.4 is 5.32 Å². The van der Waals surface area contributed by atoms with Crippen LogP contribution in [0.1, 0.15) is 44.1 Å². The molecule has 0 radical (unpaired) electrons. The van der Waals surface area contributed by atoms with Crippen LogP contribution in [0.2, 0.25) is 0 Å². The maximum atomic E-state index is 4.39. The van der Waals surface area contributed by atoms with Crippen LogP contribution in [0.4, 0.5) is 0 Å². The summed E-state index contributed by atoms with van der Waals surface area (Å²) < 4.78 is 0. The van der Waals surface area contributed by atoms with E-state index in [0.717, 1.165) is 18.1 Å². The van der Waals surface area contributed by atoms with E-state index in [1.54, 1.807) is 0 Å². The molecule has 1 aliphatic carbocycles. The Morgan fingerprint density at radius 3 is 2.80 bits per heavy atom. The minimum atomic E-state index is 0.332. The van der Waals surface area contributed by atoms with E-state index in [-0.39, 0.29) is 0 Å². The first-order chi connectivity index (χ1) is 7.18. The van der Waals surface area contributed by atoms with Gasteiger partial charge in [0.25, 0.3) is 0 Å². The van der Waals surface area contributed by atoms with Crippen LogP contribution in [0, 0.1) is 6.92 Å². The van der Waals surface area contributed by atoms with Crippen LogP contribution >= 0.6 is 0 Å². The maximum absolute atomic E-state index is 4.39. The van der Waals surface area contributed by atoms with Crippen LogP contribution in [-0.2, 0) is 6.54 Å². The van der Waals surface area contributed by atoms with Gasteiger partial charge in [-0.15, -0.1) is 0 Å². The normalized spacial score (nSPS) is 19.3. The molecule has 0 saturated heterocycles. The summed E-state index contributed by atoms with van der Waals surface area (Å²) in [5.41, 5.74) is 1.43. The van der Waals surface area contributed by atoms with Crippen LogP contribution in [0.5, 0.6) is 0 Å². The number of nitrogens with zero attached hydrogens (tertiary/aromatic N) is 2. The van der Waals surface area contributed by atoms with Gasteiger partial charge < -0.3 is 5.32 Å². The Hall–Kier alpha value is -0.960. The molecule has 0 aliphatic heterocycles. The molecule has 3 nitrogen and oxygen atoms in total. The van der Waals surface area contributed by atoms with Crippen LogP contribution in [0.25, 0.3) is 0 Å². The third-order valence-corrected chi connectivity index (χ3v) is 3.24. The summed E-state index contributed by atoms with van der Waals surface area (Å²) in [6.07, 6.45) is 7.11. The Morgan fingerprint density at radius 1 is 1.40 bits per heavy atom. The fourth-order valence-electron chi connectivity index (χ4n) is 2.24. The van der Waals surface area contributed by atoms with Gasteiger partial charge in [0.05, 0.1) is 5.69 Å². The summed E-state index contributed by atoms with van der Waals surface area (Å²) in [5.74, 6) is 0.853. The zero-order chi connectivity index (χ0) is 10.7. The monoisotopic (exact) mass is 205 g/mol. The number of hydrogen-bond donors (Lipinski definition) is 1. The summed E-state index contributed by atoms with van der Waals surface area (Å²) in [7, 11) is 0. The first kappa shape index (κ1) is 10.6. The SMILES string of the molecule is Cc1nccc(CNC2(C)CCCC2)n1. The van der Waals surface area contributed by atoms with Crippen molar-refractivity contribution in [2.45, 2.75) is 51.6 Å². The molecule has 0 amide bonds. The molecule has 1 aromatic heterocycles. The van der Waals surface area contributed by atoms with Crippen LogP contribution in [-0.4, -0.2) is 15.5 Å². The zero-order valence-corrected chi connectivity index (χ0v) is 9.58. The van der Waals surface area contributed by atoms with E-state index in [0.29, 0.717) is 5.54 Å². The molecule has 0 atom stereocenters. The van der Waals surface area contributed by atoms with Gasteiger partial charge in [0, 0.05) is 18.3 Å². The molecule has 2 rings (SSSR count). The van der Waals surface area contributed by atoms with E-state index in [1.165, 1.54) is 25.7 Å². The van der Waals surface area contributed by atoms with Crippen molar-refractivity contribution in [3.63, 3.8) is 0 Å². The molecule has 0 unspecified atom stereocenters.